The van der Waals surface area contributed by atoms with Crippen LogP contribution in [0, 0.1) is 13.8 Å². The highest BCUT2D eigenvalue weighted by molar-refractivity contribution is 5.86. The molecule has 4 rings (SSSR count). The van der Waals surface area contributed by atoms with Crippen LogP contribution in [0.15, 0.2) is 24.4 Å². The maximum atomic E-state index is 5.47. The molecule has 0 aliphatic carbocycles. The largest absolute Gasteiger partial charge is 0.383 e. The van der Waals surface area contributed by atoms with Gasteiger partial charge in [-0.2, -0.15) is 0 Å². The van der Waals surface area contributed by atoms with Crippen LogP contribution in [0.3, 0.4) is 0 Å². The molecule has 0 N–H and O–H groups in total. The summed E-state index contributed by atoms with van der Waals surface area (Å²) in [6, 6.07) is 7.00. The van der Waals surface area contributed by atoms with Gasteiger partial charge in [0.15, 0.2) is 0 Å². The van der Waals surface area contributed by atoms with Crippen molar-refractivity contribution in [3.63, 3.8) is 0 Å². The van der Waals surface area contributed by atoms with Crippen molar-refractivity contribution in [3.05, 3.63) is 41.2 Å². The number of methoxy groups -OCH3 is 1. The first-order valence-corrected chi connectivity index (χ1v) is 11.2. The van der Waals surface area contributed by atoms with Crippen molar-refractivity contribution < 1.29 is 4.74 Å². The molecule has 30 heavy (non-hydrogen) atoms. The van der Waals surface area contributed by atoms with E-state index in [-0.39, 0.29) is 0 Å². The van der Waals surface area contributed by atoms with Gasteiger partial charge < -0.3 is 14.2 Å². The molecular weight excluding hydrogens is 372 g/mol. The summed E-state index contributed by atoms with van der Waals surface area (Å²) in [7, 11) is 1.77. The summed E-state index contributed by atoms with van der Waals surface area (Å²) in [5.74, 6) is 1.50. The Morgan fingerprint density at radius 1 is 1.10 bits per heavy atom. The molecule has 4 heterocycles. The topological polar surface area (TPSA) is 43.2 Å². The molecule has 1 aliphatic rings. The van der Waals surface area contributed by atoms with Gasteiger partial charge in [0.25, 0.3) is 0 Å². The van der Waals surface area contributed by atoms with E-state index in [4.69, 9.17) is 14.7 Å². The van der Waals surface area contributed by atoms with Crippen molar-refractivity contribution in [1.82, 2.24) is 14.5 Å². The smallest absolute Gasteiger partial charge is 0.138 e. The van der Waals surface area contributed by atoms with Gasteiger partial charge in [-0.15, -0.1) is 0 Å². The Balaban J connectivity index is 1.86. The van der Waals surface area contributed by atoms with Crippen LogP contribution < -0.4 is 4.90 Å². The first-order valence-electron chi connectivity index (χ1n) is 11.2. The molecule has 5 nitrogen and oxygen atoms in total. The molecule has 1 saturated heterocycles. The van der Waals surface area contributed by atoms with Crippen molar-refractivity contribution in [2.24, 2.45) is 0 Å². The molecule has 0 saturated carbocycles. The molecule has 5 heteroatoms. The Morgan fingerprint density at radius 2 is 1.87 bits per heavy atom. The zero-order valence-electron chi connectivity index (χ0n) is 19.2. The lowest BCUT2D eigenvalue weighted by atomic mass is 10.0. The quantitative estimate of drug-likeness (QED) is 0.509. The summed E-state index contributed by atoms with van der Waals surface area (Å²) in [6.07, 6.45) is 4.49. The first-order chi connectivity index (χ1) is 14.4. The van der Waals surface area contributed by atoms with Crippen molar-refractivity contribution in [2.45, 2.75) is 59.4 Å². The van der Waals surface area contributed by atoms with E-state index in [1.807, 2.05) is 0 Å². The second-order valence-electron chi connectivity index (χ2n) is 8.86. The molecule has 1 atom stereocenters. The molecular formula is C25H34N4O. The third-order valence-corrected chi connectivity index (χ3v) is 6.30. The lowest BCUT2D eigenvalue weighted by Crippen LogP contribution is -2.38. The van der Waals surface area contributed by atoms with Crippen LogP contribution in [-0.2, 0) is 4.74 Å². The van der Waals surface area contributed by atoms with Gasteiger partial charge in [-0.1, -0.05) is 20.8 Å². The van der Waals surface area contributed by atoms with Gasteiger partial charge in [0.2, 0.25) is 0 Å². The molecule has 1 fully saturated rings. The molecule has 0 bridgehead atoms. The van der Waals surface area contributed by atoms with E-state index in [1.54, 1.807) is 7.11 Å². The second kappa shape index (κ2) is 8.38. The molecule has 0 unspecified atom stereocenters. The second-order valence-corrected chi connectivity index (χ2v) is 8.86. The fourth-order valence-electron chi connectivity index (χ4n) is 4.33. The van der Waals surface area contributed by atoms with Crippen LogP contribution in [0.25, 0.3) is 22.3 Å². The van der Waals surface area contributed by atoms with Gasteiger partial charge in [-0.3, -0.25) is 0 Å². The van der Waals surface area contributed by atoms with Gasteiger partial charge in [0.1, 0.15) is 5.82 Å². The number of nitrogens with zero attached hydrogens (tertiary/aromatic N) is 4. The summed E-state index contributed by atoms with van der Waals surface area (Å²) in [5, 5.41) is 0. The molecule has 160 valence electrons. The zero-order valence-corrected chi connectivity index (χ0v) is 19.2. The number of aryl methyl sites for hydroxylation is 2. The summed E-state index contributed by atoms with van der Waals surface area (Å²) in [4.78, 5) is 12.6. The van der Waals surface area contributed by atoms with Crippen molar-refractivity contribution in [1.29, 1.82) is 0 Å². The lowest BCUT2D eigenvalue weighted by Gasteiger charge is -2.34. The third-order valence-electron chi connectivity index (χ3n) is 6.30. The van der Waals surface area contributed by atoms with E-state index in [2.05, 4.69) is 68.5 Å². The van der Waals surface area contributed by atoms with Gasteiger partial charge in [-0.05, 0) is 61.9 Å². The fraction of sp³-hybridized carbons (Fsp3) is 0.520. The third kappa shape index (κ3) is 3.60. The lowest BCUT2D eigenvalue weighted by molar-refractivity contribution is 0.155. The van der Waals surface area contributed by atoms with E-state index in [0.29, 0.717) is 18.6 Å². The summed E-state index contributed by atoms with van der Waals surface area (Å²) >= 11 is 0. The standard InChI is InChI=1S/C25H34N4O/c1-7-19(15-30-6)29-14-18(5)24-22(29)13-17(4)23(27-24)20-9-10-21(16(2)3)26-25(20)28-11-8-12-28/h9-10,13-14,16,19H,7-8,11-12,15H2,1-6H3/t19-/m1/s1. The van der Waals surface area contributed by atoms with Crippen LogP contribution in [0.5, 0.6) is 0 Å². The average Bonchev–Trinajstić information content (AvgIpc) is 2.99. The van der Waals surface area contributed by atoms with Crippen molar-refractivity contribution >= 4 is 16.9 Å². The normalized spacial score (nSPS) is 15.1. The highest BCUT2D eigenvalue weighted by Crippen LogP contribution is 2.36. The molecule has 3 aromatic rings. The minimum Gasteiger partial charge on any atom is -0.383 e. The Labute approximate surface area is 180 Å². The number of hydrogen-bond acceptors (Lipinski definition) is 4. The van der Waals surface area contributed by atoms with E-state index in [1.165, 1.54) is 23.1 Å². The maximum absolute atomic E-state index is 5.47. The Kier molecular flexibility index (Phi) is 5.83. The van der Waals surface area contributed by atoms with E-state index in [0.717, 1.165) is 47.8 Å². The van der Waals surface area contributed by atoms with Crippen LogP contribution in [0.1, 0.15) is 62.4 Å². The highest BCUT2D eigenvalue weighted by Gasteiger charge is 2.24. The number of anilines is 1. The SMILES string of the molecule is CC[C@H](COC)n1cc(C)c2nc(-c3ccc(C(C)C)nc3N3CCC3)c(C)cc21. The number of ether oxygens (including phenoxy) is 1. The van der Waals surface area contributed by atoms with Crippen LogP contribution in [-0.4, -0.2) is 41.3 Å². The maximum Gasteiger partial charge on any atom is 0.138 e. The van der Waals surface area contributed by atoms with Crippen LogP contribution >= 0.6 is 0 Å². The van der Waals surface area contributed by atoms with Crippen LogP contribution in [0.4, 0.5) is 5.82 Å². The predicted molar refractivity (Wildman–Crippen MR) is 125 cm³/mol. The molecule has 0 radical (unpaired) electrons. The highest BCUT2D eigenvalue weighted by atomic mass is 16.5. The molecule has 0 amide bonds. The minimum atomic E-state index is 0.321. The van der Waals surface area contributed by atoms with Gasteiger partial charge in [-0.25, -0.2) is 9.97 Å². The summed E-state index contributed by atoms with van der Waals surface area (Å²) < 4.78 is 7.81. The monoisotopic (exact) mass is 406 g/mol. The fourth-order valence-corrected chi connectivity index (χ4v) is 4.33. The van der Waals surface area contributed by atoms with Crippen molar-refractivity contribution in [3.8, 4) is 11.3 Å². The summed E-state index contributed by atoms with van der Waals surface area (Å²) in [5.41, 5.74) is 8.00. The van der Waals surface area contributed by atoms with Crippen molar-refractivity contribution in [2.75, 3.05) is 31.7 Å². The Morgan fingerprint density at radius 3 is 2.47 bits per heavy atom. The van der Waals surface area contributed by atoms with E-state index >= 15 is 0 Å². The molecule has 1 aliphatic heterocycles. The number of aromatic nitrogens is 3. The minimum absolute atomic E-state index is 0.321. The predicted octanol–water partition coefficient (Wildman–Crippen LogP) is 5.65. The zero-order chi connectivity index (χ0) is 21.4. The number of hydrogen-bond donors (Lipinski definition) is 0. The Hall–Kier alpha value is -2.40. The van der Waals surface area contributed by atoms with Gasteiger partial charge in [0.05, 0.1) is 29.4 Å². The van der Waals surface area contributed by atoms with E-state index < -0.39 is 0 Å². The average molecular weight is 407 g/mol. The molecule has 0 aromatic carbocycles. The number of pyridine rings is 2. The van der Waals surface area contributed by atoms with Gasteiger partial charge >= 0.3 is 0 Å². The number of rotatable bonds is 7. The first kappa shape index (κ1) is 20.9. The Bertz CT molecular complexity index is 1050. The number of fused-ring (bicyclic) bond motifs is 1. The van der Waals surface area contributed by atoms with E-state index in [9.17, 15) is 0 Å². The van der Waals surface area contributed by atoms with Crippen LogP contribution in [0.2, 0.25) is 0 Å². The molecule has 3 aromatic heterocycles. The molecule has 0 spiro atoms. The van der Waals surface area contributed by atoms with Gasteiger partial charge in [0, 0.05) is 37.7 Å². The summed E-state index contributed by atoms with van der Waals surface area (Å²) in [6.45, 7) is 13.8.